The van der Waals surface area contributed by atoms with Crippen molar-refractivity contribution in [3.8, 4) is 0 Å². The molecule has 0 amide bonds. The number of halogens is 1. The molecule has 1 rings (SSSR count). The summed E-state index contributed by atoms with van der Waals surface area (Å²) in [6, 6.07) is 5.25. The summed E-state index contributed by atoms with van der Waals surface area (Å²) in [6.07, 6.45) is -1.04. The summed E-state index contributed by atoms with van der Waals surface area (Å²) in [6.45, 7) is 3.77. The van der Waals surface area contributed by atoms with Crippen molar-refractivity contribution >= 4 is 10.2 Å². The number of benzene rings is 1. The molecule has 3 N–H and O–H groups in total. The lowest BCUT2D eigenvalue weighted by Crippen LogP contribution is -2.41. The summed E-state index contributed by atoms with van der Waals surface area (Å²) in [7, 11) is -3.87. The molecule has 1 aromatic rings. The Kier molecular flexibility index (Phi) is 5.42. The zero-order valence-corrected chi connectivity index (χ0v) is 11.8. The van der Waals surface area contributed by atoms with Gasteiger partial charge in [0.1, 0.15) is 5.82 Å². The lowest BCUT2D eigenvalue weighted by atomic mass is 10.1. The van der Waals surface area contributed by atoms with Crippen molar-refractivity contribution in [1.82, 2.24) is 4.31 Å². The Hall–Kier alpha value is -1.02. The minimum atomic E-state index is -3.87. The molecule has 0 bridgehead atoms. The van der Waals surface area contributed by atoms with Crippen LogP contribution in [0.5, 0.6) is 0 Å². The van der Waals surface area contributed by atoms with Crippen molar-refractivity contribution in [2.24, 2.45) is 11.1 Å². The van der Waals surface area contributed by atoms with E-state index >= 15 is 0 Å². The van der Waals surface area contributed by atoms with E-state index in [4.69, 9.17) is 5.14 Å². The topological polar surface area (TPSA) is 83.6 Å². The average molecular weight is 290 g/mol. The summed E-state index contributed by atoms with van der Waals surface area (Å²) >= 11 is 0. The van der Waals surface area contributed by atoms with Crippen LogP contribution in [0.4, 0.5) is 4.39 Å². The molecule has 5 nitrogen and oxygen atoms in total. The molecular formula is C12H19FN2O3S. The fourth-order valence-corrected chi connectivity index (χ4v) is 2.53. The Bertz CT molecular complexity index is 502. The maximum atomic E-state index is 12.8. The van der Waals surface area contributed by atoms with Crippen molar-refractivity contribution < 1.29 is 17.9 Å². The monoisotopic (exact) mass is 290 g/mol. The molecule has 0 fully saturated rings. The van der Waals surface area contributed by atoms with Gasteiger partial charge in [0.15, 0.2) is 0 Å². The highest BCUT2D eigenvalue weighted by atomic mass is 32.2. The first-order valence-corrected chi connectivity index (χ1v) is 7.42. The largest absolute Gasteiger partial charge is 0.387 e. The van der Waals surface area contributed by atoms with E-state index in [1.165, 1.54) is 24.3 Å². The molecule has 1 aromatic carbocycles. The van der Waals surface area contributed by atoms with E-state index in [0.29, 0.717) is 5.56 Å². The van der Waals surface area contributed by atoms with Crippen LogP contribution in [0, 0.1) is 11.7 Å². The Morgan fingerprint density at radius 3 is 2.21 bits per heavy atom. The molecule has 1 atom stereocenters. The lowest BCUT2D eigenvalue weighted by Gasteiger charge is -2.24. The van der Waals surface area contributed by atoms with Gasteiger partial charge in [0, 0.05) is 13.1 Å². The van der Waals surface area contributed by atoms with Crippen molar-refractivity contribution in [3.63, 3.8) is 0 Å². The molecule has 0 aliphatic rings. The highest BCUT2D eigenvalue weighted by molar-refractivity contribution is 7.86. The summed E-state index contributed by atoms with van der Waals surface area (Å²) in [5.74, 6) is -0.333. The van der Waals surface area contributed by atoms with Crippen LogP contribution in [-0.2, 0) is 10.2 Å². The van der Waals surface area contributed by atoms with Crippen LogP contribution in [0.3, 0.4) is 0 Å². The second-order valence-corrected chi connectivity index (χ2v) is 6.37. The highest BCUT2D eigenvalue weighted by Crippen LogP contribution is 2.16. The number of aliphatic hydroxyl groups excluding tert-OH is 1. The van der Waals surface area contributed by atoms with Crippen molar-refractivity contribution in [2.45, 2.75) is 20.0 Å². The number of nitrogens with two attached hydrogens (primary N) is 1. The first-order valence-electron chi connectivity index (χ1n) is 5.91. The molecule has 0 heterocycles. The van der Waals surface area contributed by atoms with Gasteiger partial charge in [-0.25, -0.2) is 9.53 Å². The van der Waals surface area contributed by atoms with E-state index < -0.39 is 22.1 Å². The number of aliphatic hydroxyl groups is 1. The lowest BCUT2D eigenvalue weighted by molar-refractivity contribution is 0.143. The first-order chi connectivity index (χ1) is 8.70. The fraction of sp³-hybridized carbons (Fsp3) is 0.500. The van der Waals surface area contributed by atoms with Crippen LogP contribution in [0.25, 0.3) is 0 Å². The third-order valence-electron chi connectivity index (χ3n) is 2.56. The van der Waals surface area contributed by atoms with Gasteiger partial charge in [-0.1, -0.05) is 26.0 Å². The molecule has 0 aliphatic heterocycles. The zero-order valence-electron chi connectivity index (χ0n) is 11.0. The van der Waals surface area contributed by atoms with E-state index in [0.717, 1.165) is 4.31 Å². The molecule has 0 saturated heterocycles. The Morgan fingerprint density at radius 2 is 1.79 bits per heavy atom. The highest BCUT2D eigenvalue weighted by Gasteiger charge is 2.22. The SMILES string of the molecule is CC(C)CN(CC(O)c1ccc(F)cc1)S(N)(=O)=O. The predicted octanol–water partition coefficient (Wildman–Crippen LogP) is 1.02. The van der Waals surface area contributed by atoms with Crippen LogP contribution >= 0.6 is 0 Å². The van der Waals surface area contributed by atoms with Crippen molar-refractivity contribution in [1.29, 1.82) is 0 Å². The van der Waals surface area contributed by atoms with Crippen molar-refractivity contribution in [2.75, 3.05) is 13.1 Å². The van der Waals surface area contributed by atoms with Crippen LogP contribution in [0.2, 0.25) is 0 Å². The van der Waals surface area contributed by atoms with Gasteiger partial charge < -0.3 is 5.11 Å². The van der Waals surface area contributed by atoms with Crippen LogP contribution in [0.15, 0.2) is 24.3 Å². The third kappa shape index (κ3) is 5.23. The van der Waals surface area contributed by atoms with Crippen LogP contribution in [-0.4, -0.2) is 30.9 Å². The standard InChI is InChI=1S/C12H19FN2O3S/c1-9(2)7-15(19(14,17)18)8-12(16)10-3-5-11(13)6-4-10/h3-6,9,12,16H,7-8H2,1-2H3,(H2,14,17,18). The molecule has 0 saturated carbocycles. The van der Waals surface area contributed by atoms with Gasteiger partial charge in [0.2, 0.25) is 0 Å². The summed E-state index contributed by atoms with van der Waals surface area (Å²) < 4.78 is 36.6. The predicted molar refractivity (Wildman–Crippen MR) is 70.9 cm³/mol. The second kappa shape index (κ2) is 6.42. The summed E-state index contributed by atoms with van der Waals surface area (Å²) in [5.41, 5.74) is 0.443. The van der Waals surface area contributed by atoms with Gasteiger partial charge in [-0.05, 0) is 23.6 Å². The maximum absolute atomic E-state index is 12.8. The summed E-state index contributed by atoms with van der Waals surface area (Å²) in [5, 5.41) is 15.1. The second-order valence-electron chi connectivity index (χ2n) is 4.82. The van der Waals surface area contributed by atoms with Crippen molar-refractivity contribution in [3.05, 3.63) is 35.6 Å². The number of rotatable bonds is 6. The number of hydrogen-bond acceptors (Lipinski definition) is 3. The van der Waals surface area contributed by atoms with Gasteiger partial charge in [-0.2, -0.15) is 12.7 Å². The zero-order chi connectivity index (χ0) is 14.6. The smallest absolute Gasteiger partial charge is 0.277 e. The van der Waals surface area contributed by atoms with E-state index in [-0.39, 0.29) is 19.0 Å². The normalized spacial score (nSPS) is 14.1. The van der Waals surface area contributed by atoms with Gasteiger partial charge >= 0.3 is 0 Å². The summed E-state index contributed by atoms with van der Waals surface area (Å²) in [4.78, 5) is 0. The molecule has 7 heteroatoms. The molecule has 0 radical (unpaired) electrons. The Labute approximate surface area is 113 Å². The maximum Gasteiger partial charge on any atom is 0.277 e. The number of hydrogen-bond donors (Lipinski definition) is 2. The fourth-order valence-electron chi connectivity index (χ4n) is 1.67. The van der Waals surface area contributed by atoms with E-state index in [1.807, 2.05) is 13.8 Å². The molecular weight excluding hydrogens is 271 g/mol. The molecule has 108 valence electrons. The molecule has 0 spiro atoms. The minimum Gasteiger partial charge on any atom is -0.387 e. The Balaban J connectivity index is 2.81. The third-order valence-corrected chi connectivity index (χ3v) is 3.58. The number of nitrogens with zero attached hydrogens (tertiary/aromatic N) is 1. The van der Waals surface area contributed by atoms with E-state index in [9.17, 15) is 17.9 Å². The average Bonchev–Trinajstić information content (AvgIpc) is 2.27. The quantitative estimate of drug-likeness (QED) is 0.820. The molecule has 19 heavy (non-hydrogen) atoms. The van der Waals surface area contributed by atoms with Gasteiger partial charge in [0.05, 0.1) is 6.10 Å². The minimum absolute atomic E-state index is 0.0822. The van der Waals surface area contributed by atoms with Gasteiger partial charge in [-0.15, -0.1) is 0 Å². The van der Waals surface area contributed by atoms with Crippen LogP contribution < -0.4 is 5.14 Å². The van der Waals surface area contributed by atoms with Gasteiger partial charge in [-0.3, -0.25) is 0 Å². The molecule has 1 unspecified atom stereocenters. The Morgan fingerprint density at radius 1 is 1.26 bits per heavy atom. The van der Waals surface area contributed by atoms with Gasteiger partial charge in [0.25, 0.3) is 10.2 Å². The molecule has 0 aromatic heterocycles. The first kappa shape index (κ1) is 16.0. The van der Waals surface area contributed by atoms with Crippen LogP contribution in [0.1, 0.15) is 25.5 Å². The molecule has 0 aliphatic carbocycles. The van der Waals surface area contributed by atoms with E-state index in [2.05, 4.69) is 0 Å². The van der Waals surface area contributed by atoms with E-state index in [1.54, 1.807) is 0 Å².